The summed E-state index contributed by atoms with van der Waals surface area (Å²) in [5, 5.41) is 5.53. The zero-order valence-corrected chi connectivity index (χ0v) is 10.6. The predicted octanol–water partition coefficient (Wildman–Crippen LogP) is 0.338. The topological polar surface area (TPSA) is 44.5 Å². The highest BCUT2D eigenvalue weighted by molar-refractivity contribution is 14.1. The summed E-state index contributed by atoms with van der Waals surface area (Å²) in [6, 6.07) is 1.24. The lowest BCUT2D eigenvalue weighted by atomic mass is 9.97. The van der Waals surface area contributed by atoms with Crippen molar-refractivity contribution < 1.29 is 0 Å². The Bertz CT molecular complexity index is 190. The molecule has 0 aromatic rings. The quantitative estimate of drug-likeness (QED) is 0.416. The summed E-state index contributed by atoms with van der Waals surface area (Å²) in [7, 11) is 0. The number of piperazine rings is 1. The fourth-order valence-electron chi connectivity index (χ4n) is 2.38. The molecule has 2 saturated heterocycles. The summed E-state index contributed by atoms with van der Waals surface area (Å²) in [5.74, 6) is 5.85. The van der Waals surface area contributed by atoms with Gasteiger partial charge in [-0.3, -0.25) is 5.84 Å². The number of nitrogens with zero attached hydrogens (tertiary/aromatic N) is 2. The minimum absolute atomic E-state index is 0.561. The lowest BCUT2D eigenvalue weighted by Gasteiger charge is -2.41. The Balaban J connectivity index is 1.91. The summed E-state index contributed by atoms with van der Waals surface area (Å²) in [6.07, 6.45) is 4.03. The summed E-state index contributed by atoms with van der Waals surface area (Å²) >= 11 is 2.46. The van der Waals surface area contributed by atoms with Crippen LogP contribution in [0.15, 0.2) is 0 Å². The van der Waals surface area contributed by atoms with Gasteiger partial charge in [0, 0.05) is 61.1 Å². The van der Waals surface area contributed by atoms with Crippen molar-refractivity contribution in [3.63, 3.8) is 0 Å². The molecule has 2 aliphatic rings. The number of piperidine rings is 1. The van der Waals surface area contributed by atoms with Gasteiger partial charge in [-0.25, -0.2) is 8.12 Å². The summed E-state index contributed by atoms with van der Waals surface area (Å²) in [4.78, 5) is 0. The van der Waals surface area contributed by atoms with Crippen LogP contribution in [0.25, 0.3) is 0 Å². The van der Waals surface area contributed by atoms with Crippen molar-refractivity contribution >= 4 is 22.9 Å². The van der Waals surface area contributed by atoms with Gasteiger partial charge in [-0.2, -0.15) is 0 Å². The van der Waals surface area contributed by atoms with Crippen molar-refractivity contribution in [2.24, 2.45) is 5.84 Å². The second-order valence-electron chi connectivity index (χ2n) is 4.24. The molecule has 2 fully saturated rings. The molecule has 0 bridgehead atoms. The molecule has 0 spiro atoms. The third kappa shape index (κ3) is 2.57. The van der Waals surface area contributed by atoms with Gasteiger partial charge in [-0.05, 0) is 12.8 Å². The summed E-state index contributed by atoms with van der Waals surface area (Å²) < 4.78 is 2.46. The van der Waals surface area contributed by atoms with Gasteiger partial charge in [-0.1, -0.05) is 6.42 Å². The molecule has 14 heavy (non-hydrogen) atoms. The Kier molecular flexibility index (Phi) is 4.01. The average molecular weight is 310 g/mol. The number of rotatable bonds is 1. The van der Waals surface area contributed by atoms with Crippen molar-refractivity contribution in [1.29, 1.82) is 0 Å². The van der Waals surface area contributed by atoms with E-state index in [0.717, 1.165) is 19.6 Å². The minimum Gasteiger partial charge on any atom is -0.310 e. The first-order valence-corrected chi connectivity index (χ1v) is 6.39. The van der Waals surface area contributed by atoms with Crippen molar-refractivity contribution in [3.8, 4) is 0 Å². The van der Waals surface area contributed by atoms with Gasteiger partial charge >= 0.3 is 0 Å². The highest BCUT2D eigenvalue weighted by Crippen LogP contribution is 2.23. The van der Waals surface area contributed by atoms with Crippen LogP contribution in [0.3, 0.4) is 0 Å². The van der Waals surface area contributed by atoms with Gasteiger partial charge in [0.25, 0.3) is 0 Å². The molecule has 2 rings (SSSR count). The SMILES string of the molecule is NN1CCNC(C2CCCCN2I)C1. The van der Waals surface area contributed by atoms with E-state index >= 15 is 0 Å². The van der Waals surface area contributed by atoms with Crippen LogP contribution >= 0.6 is 22.9 Å². The molecule has 4 nitrogen and oxygen atoms in total. The van der Waals surface area contributed by atoms with Gasteiger partial charge < -0.3 is 5.32 Å². The van der Waals surface area contributed by atoms with Gasteiger partial charge in [0.15, 0.2) is 0 Å². The number of nitrogens with one attached hydrogen (secondary N) is 1. The fraction of sp³-hybridized carbons (Fsp3) is 1.00. The molecule has 0 saturated carbocycles. The number of halogens is 1. The molecule has 5 heteroatoms. The van der Waals surface area contributed by atoms with Crippen LogP contribution in [0.5, 0.6) is 0 Å². The highest BCUT2D eigenvalue weighted by atomic mass is 127. The van der Waals surface area contributed by atoms with Crippen LogP contribution in [0.2, 0.25) is 0 Å². The van der Waals surface area contributed by atoms with Crippen molar-refractivity contribution in [1.82, 2.24) is 13.4 Å². The van der Waals surface area contributed by atoms with Crippen molar-refractivity contribution in [2.75, 3.05) is 26.2 Å². The molecular weight excluding hydrogens is 291 g/mol. The van der Waals surface area contributed by atoms with Crippen LogP contribution < -0.4 is 11.2 Å². The Morgan fingerprint density at radius 3 is 2.86 bits per heavy atom. The maximum atomic E-state index is 5.85. The molecule has 0 aromatic heterocycles. The lowest BCUT2D eigenvalue weighted by molar-refractivity contribution is 0.142. The zero-order valence-electron chi connectivity index (χ0n) is 8.45. The summed E-state index contributed by atoms with van der Waals surface area (Å²) in [6.45, 7) is 4.23. The Labute approximate surface area is 99.6 Å². The van der Waals surface area contributed by atoms with Crippen molar-refractivity contribution in [3.05, 3.63) is 0 Å². The molecular formula is C9H19IN4. The van der Waals surface area contributed by atoms with E-state index in [4.69, 9.17) is 5.84 Å². The predicted molar refractivity (Wildman–Crippen MR) is 65.9 cm³/mol. The first kappa shape index (κ1) is 11.1. The number of hydrazine groups is 1. The fourth-order valence-corrected chi connectivity index (χ4v) is 3.39. The normalized spacial score (nSPS) is 37.3. The second-order valence-corrected chi connectivity index (χ2v) is 5.48. The Morgan fingerprint density at radius 2 is 2.14 bits per heavy atom. The second kappa shape index (κ2) is 5.07. The third-order valence-electron chi connectivity index (χ3n) is 3.18. The third-order valence-corrected chi connectivity index (χ3v) is 4.38. The van der Waals surface area contributed by atoms with Crippen molar-refractivity contribution in [2.45, 2.75) is 31.3 Å². The van der Waals surface area contributed by atoms with E-state index in [0.29, 0.717) is 12.1 Å². The monoisotopic (exact) mass is 310 g/mol. The van der Waals surface area contributed by atoms with E-state index in [1.54, 1.807) is 0 Å². The molecule has 0 aliphatic carbocycles. The van der Waals surface area contributed by atoms with E-state index in [-0.39, 0.29) is 0 Å². The molecule has 0 radical (unpaired) electrons. The van der Waals surface area contributed by atoms with Crippen LogP contribution in [0.1, 0.15) is 19.3 Å². The molecule has 0 aromatic carbocycles. The van der Waals surface area contributed by atoms with Crippen LogP contribution in [0.4, 0.5) is 0 Å². The van der Waals surface area contributed by atoms with Gasteiger partial charge in [-0.15, -0.1) is 0 Å². The molecule has 82 valence electrons. The van der Waals surface area contributed by atoms with E-state index in [1.807, 2.05) is 5.01 Å². The number of hydrogen-bond acceptors (Lipinski definition) is 4. The number of hydrogen-bond donors (Lipinski definition) is 2. The highest BCUT2D eigenvalue weighted by Gasteiger charge is 2.30. The molecule has 2 aliphatic heterocycles. The van der Waals surface area contributed by atoms with E-state index in [9.17, 15) is 0 Å². The van der Waals surface area contributed by atoms with Crippen LogP contribution in [-0.4, -0.2) is 46.4 Å². The maximum Gasteiger partial charge on any atom is 0.0374 e. The molecule has 3 N–H and O–H groups in total. The zero-order chi connectivity index (χ0) is 9.97. The Hall–Kier alpha value is 0.570. The number of nitrogens with two attached hydrogens (primary N) is 1. The van der Waals surface area contributed by atoms with E-state index in [1.165, 1.54) is 25.8 Å². The largest absolute Gasteiger partial charge is 0.310 e. The first-order chi connectivity index (χ1) is 6.77. The summed E-state index contributed by atoms with van der Waals surface area (Å²) in [5.41, 5.74) is 0. The molecule has 2 heterocycles. The molecule has 2 unspecified atom stereocenters. The van der Waals surface area contributed by atoms with E-state index in [2.05, 4.69) is 31.3 Å². The molecule has 0 amide bonds. The average Bonchev–Trinajstić information content (AvgIpc) is 2.18. The lowest BCUT2D eigenvalue weighted by Crippen LogP contribution is -2.60. The van der Waals surface area contributed by atoms with Crippen LogP contribution in [-0.2, 0) is 0 Å². The maximum absolute atomic E-state index is 5.85. The standard InChI is InChI=1S/C9H19IN4/c10-14-5-2-1-3-9(14)8-7-13(11)6-4-12-8/h8-9,12H,1-7,11H2. The van der Waals surface area contributed by atoms with E-state index < -0.39 is 0 Å². The molecule has 2 atom stereocenters. The van der Waals surface area contributed by atoms with Gasteiger partial charge in [0.2, 0.25) is 0 Å². The first-order valence-electron chi connectivity index (χ1n) is 5.43. The Morgan fingerprint density at radius 1 is 1.29 bits per heavy atom. The smallest absolute Gasteiger partial charge is 0.0374 e. The van der Waals surface area contributed by atoms with Crippen LogP contribution in [0, 0.1) is 0 Å². The minimum atomic E-state index is 0.561. The van der Waals surface area contributed by atoms with Gasteiger partial charge in [0.1, 0.15) is 0 Å². The van der Waals surface area contributed by atoms with Gasteiger partial charge in [0.05, 0.1) is 0 Å².